The average molecular weight is 934 g/mol. The Labute approximate surface area is 430 Å². The molecule has 11 aromatic rings. The molecule has 11 aromatic carbocycles. The maximum absolute atomic E-state index is 2.51. The lowest BCUT2D eigenvalue weighted by Gasteiger charge is -2.30. The summed E-state index contributed by atoms with van der Waals surface area (Å²) in [5.41, 5.74) is 28.2. The molecule has 13 rings (SSSR count). The lowest BCUT2D eigenvalue weighted by atomic mass is 9.80. The third-order valence-corrected chi connectivity index (χ3v) is 15.9. The van der Waals surface area contributed by atoms with Gasteiger partial charge < -0.3 is 4.90 Å². The van der Waals surface area contributed by atoms with Gasteiger partial charge in [0, 0.05) is 27.8 Å². The molecule has 2 aliphatic carbocycles. The molecule has 1 heteroatoms. The van der Waals surface area contributed by atoms with Gasteiger partial charge in [-0.2, -0.15) is 0 Å². The molecule has 0 fully saturated rings. The molecule has 1 nitrogen and oxygen atoms in total. The molecule has 0 unspecified atom stereocenters. The first kappa shape index (κ1) is 44.2. The van der Waals surface area contributed by atoms with Crippen LogP contribution in [0.1, 0.15) is 49.9 Å². The van der Waals surface area contributed by atoms with Crippen LogP contribution in [0.3, 0.4) is 0 Å². The number of rotatable bonds is 9. The average Bonchev–Trinajstić information content (AvgIpc) is 3.83. The second-order valence-corrected chi connectivity index (χ2v) is 20.9. The Morgan fingerprint density at radius 1 is 0.233 bits per heavy atom. The fourth-order valence-electron chi connectivity index (χ4n) is 12.0. The summed E-state index contributed by atoms with van der Waals surface area (Å²) in [6.07, 6.45) is 0. The fraction of sp³-hybridized carbons (Fsp3) is 0.0833. The van der Waals surface area contributed by atoms with Crippen molar-refractivity contribution in [1.29, 1.82) is 0 Å². The molecule has 73 heavy (non-hydrogen) atoms. The lowest BCUT2D eigenvalue weighted by molar-refractivity contribution is 0.660. The van der Waals surface area contributed by atoms with Crippen molar-refractivity contribution >= 4 is 17.1 Å². The van der Waals surface area contributed by atoms with E-state index in [2.05, 4.69) is 293 Å². The number of hydrogen-bond acceptors (Lipinski definition) is 1. The van der Waals surface area contributed by atoms with Gasteiger partial charge in [0.2, 0.25) is 0 Å². The van der Waals surface area contributed by atoms with Crippen LogP contribution in [-0.4, -0.2) is 0 Å². The molecule has 348 valence electrons. The second-order valence-electron chi connectivity index (χ2n) is 20.9. The summed E-state index contributed by atoms with van der Waals surface area (Å²) >= 11 is 0. The molecule has 0 bridgehead atoms. The minimum absolute atomic E-state index is 0.0737. The summed E-state index contributed by atoms with van der Waals surface area (Å²) in [6, 6.07) is 96.6. The summed E-state index contributed by atoms with van der Waals surface area (Å²) < 4.78 is 0. The van der Waals surface area contributed by atoms with E-state index in [1.165, 1.54) is 111 Å². The zero-order valence-corrected chi connectivity index (χ0v) is 41.8. The SMILES string of the molecule is CC1(C)c2ccccc2-c2c(-c3ccc(N(c4ccc(-c5ccccc5)cc4)c4cc(-c5ccc(-c6ccccc6)cc5)cc5c4-c4ccc(-c6ccc(-c7ccccc7)cc6)cc4C5(C)C)cc3)cccc21. The van der Waals surface area contributed by atoms with Gasteiger partial charge in [0.15, 0.2) is 0 Å². The van der Waals surface area contributed by atoms with Crippen molar-refractivity contribution in [3.63, 3.8) is 0 Å². The van der Waals surface area contributed by atoms with E-state index in [1.807, 2.05) is 0 Å². The highest BCUT2D eigenvalue weighted by atomic mass is 15.1. The Morgan fingerprint density at radius 2 is 0.603 bits per heavy atom. The first-order valence-corrected chi connectivity index (χ1v) is 25.7. The van der Waals surface area contributed by atoms with Crippen LogP contribution < -0.4 is 4.90 Å². The predicted octanol–water partition coefficient (Wildman–Crippen LogP) is 19.8. The van der Waals surface area contributed by atoms with Gasteiger partial charge in [0.05, 0.1) is 5.69 Å². The van der Waals surface area contributed by atoms with Crippen molar-refractivity contribution in [3.8, 4) is 89.0 Å². The quantitative estimate of drug-likeness (QED) is 0.139. The highest BCUT2D eigenvalue weighted by molar-refractivity contribution is 5.99. The Morgan fingerprint density at radius 3 is 1.15 bits per heavy atom. The van der Waals surface area contributed by atoms with E-state index in [1.54, 1.807) is 0 Å². The Kier molecular flexibility index (Phi) is 10.6. The van der Waals surface area contributed by atoms with Crippen LogP contribution in [0.25, 0.3) is 89.0 Å². The number of benzene rings is 11. The van der Waals surface area contributed by atoms with E-state index < -0.39 is 0 Å². The molecule has 0 radical (unpaired) electrons. The molecule has 0 heterocycles. The Hall–Kier alpha value is -8.78. The first-order chi connectivity index (χ1) is 35.7. The highest BCUT2D eigenvalue weighted by Crippen LogP contribution is 2.57. The van der Waals surface area contributed by atoms with Crippen molar-refractivity contribution in [2.75, 3.05) is 4.90 Å². The number of fused-ring (bicyclic) bond motifs is 6. The molecule has 2 aliphatic rings. The number of nitrogens with zero attached hydrogens (tertiary/aromatic N) is 1. The number of hydrogen-bond donors (Lipinski definition) is 0. The van der Waals surface area contributed by atoms with Crippen LogP contribution in [0.5, 0.6) is 0 Å². The largest absolute Gasteiger partial charge is 0.310 e. The molecule has 0 aliphatic heterocycles. The fourth-order valence-corrected chi connectivity index (χ4v) is 12.0. The van der Waals surface area contributed by atoms with Gasteiger partial charge in [-0.15, -0.1) is 0 Å². The molecular formula is C72H55N. The minimum Gasteiger partial charge on any atom is -0.310 e. The van der Waals surface area contributed by atoms with Crippen LogP contribution in [0, 0.1) is 0 Å². The molecule has 0 aromatic heterocycles. The molecule has 0 saturated heterocycles. The number of anilines is 3. The van der Waals surface area contributed by atoms with Gasteiger partial charge in [0.1, 0.15) is 0 Å². The lowest BCUT2D eigenvalue weighted by Crippen LogP contribution is -2.16. The van der Waals surface area contributed by atoms with Gasteiger partial charge in [-0.3, -0.25) is 0 Å². The van der Waals surface area contributed by atoms with Crippen LogP contribution in [-0.2, 0) is 10.8 Å². The van der Waals surface area contributed by atoms with E-state index in [0.717, 1.165) is 17.1 Å². The van der Waals surface area contributed by atoms with E-state index in [0.29, 0.717) is 0 Å². The van der Waals surface area contributed by atoms with Gasteiger partial charge in [0.25, 0.3) is 0 Å². The van der Waals surface area contributed by atoms with E-state index in [4.69, 9.17) is 0 Å². The van der Waals surface area contributed by atoms with Crippen molar-refractivity contribution in [1.82, 2.24) is 0 Å². The standard InChI is InChI=1S/C72H55N/c1-71(2)64-25-15-14-23-62(64)69-61(24-16-26-65(69)71)56-37-42-60(43-38-56)73(59-40-35-53(36-41-59)50-21-12-7-13-22-50)68-47-58(55-33-29-52(30-34-55)49-19-10-6-11-20-49)46-67-70(68)63-44-39-57(45-66(63)72(67,3)4)54-31-27-51(28-32-54)48-17-8-5-9-18-48/h5-47H,1-4H3. The van der Waals surface area contributed by atoms with Crippen molar-refractivity contribution in [3.05, 3.63) is 283 Å². The highest BCUT2D eigenvalue weighted by Gasteiger charge is 2.40. The smallest absolute Gasteiger partial charge is 0.0549 e. The molecule has 0 amide bonds. The van der Waals surface area contributed by atoms with Crippen LogP contribution in [0.15, 0.2) is 261 Å². The summed E-state index contributed by atoms with van der Waals surface area (Å²) in [4.78, 5) is 2.51. The third-order valence-electron chi connectivity index (χ3n) is 15.9. The van der Waals surface area contributed by atoms with Crippen molar-refractivity contribution in [2.24, 2.45) is 0 Å². The van der Waals surface area contributed by atoms with Crippen molar-refractivity contribution in [2.45, 2.75) is 38.5 Å². The van der Waals surface area contributed by atoms with Gasteiger partial charge in [-0.1, -0.05) is 246 Å². The topological polar surface area (TPSA) is 3.24 Å². The summed E-state index contributed by atoms with van der Waals surface area (Å²) in [6.45, 7) is 9.55. The zero-order valence-electron chi connectivity index (χ0n) is 41.8. The van der Waals surface area contributed by atoms with Gasteiger partial charge in [-0.05, 0) is 148 Å². The van der Waals surface area contributed by atoms with Gasteiger partial charge in [-0.25, -0.2) is 0 Å². The molecule has 0 atom stereocenters. The summed E-state index contributed by atoms with van der Waals surface area (Å²) in [5, 5.41) is 0. The zero-order chi connectivity index (χ0) is 49.3. The van der Waals surface area contributed by atoms with Crippen molar-refractivity contribution < 1.29 is 0 Å². The Bertz CT molecular complexity index is 3830. The maximum Gasteiger partial charge on any atom is 0.0549 e. The van der Waals surface area contributed by atoms with E-state index in [-0.39, 0.29) is 10.8 Å². The molecule has 0 saturated carbocycles. The Balaban J connectivity index is 0.991. The first-order valence-electron chi connectivity index (χ1n) is 25.7. The molecule has 0 N–H and O–H groups in total. The molecule has 0 spiro atoms. The normalized spacial score (nSPS) is 13.4. The summed E-state index contributed by atoms with van der Waals surface area (Å²) in [5.74, 6) is 0. The minimum atomic E-state index is -0.302. The maximum atomic E-state index is 2.51. The van der Waals surface area contributed by atoms with Crippen LogP contribution in [0.2, 0.25) is 0 Å². The third kappa shape index (κ3) is 7.54. The summed E-state index contributed by atoms with van der Waals surface area (Å²) in [7, 11) is 0. The predicted molar refractivity (Wildman–Crippen MR) is 309 cm³/mol. The van der Waals surface area contributed by atoms with Gasteiger partial charge >= 0.3 is 0 Å². The van der Waals surface area contributed by atoms with Crippen LogP contribution >= 0.6 is 0 Å². The van der Waals surface area contributed by atoms with Crippen LogP contribution in [0.4, 0.5) is 17.1 Å². The van der Waals surface area contributed by atoms with E-state index >= 15 is 0 Å². The second kappa shape index (κ2) is 17.5. The monoisotopic (exact) mass is 933 g/mol. The molecular weight excluding hydrogens is 879 g/mol. The van der Waals surface area contributed by atoms with E-state index in [9.17, 15) is 0 Å².